The predicted molar refractivity (Wildman–Crippen MR) is 54.3 cm³/mol. The lowest BCUT2D eigenvalue weighted by molar-refractivity contribution is 0.0593. The Bertz CT molecular complexity index is 330. The van der Waals surface area contributed by atoms with Gasteiger partial charge in [-0.05, 0) is 12.1 Å². The number of esters is 1. The summed E-state index contributed by atoms with van der Waals surface area (Å²) in [4.78, 5) is 15.1. The molecule has 0 spiro atoms. The molecule has 0 aromatic carbocycles. The summed E-state index contributed by atoms with van der Waals surface area (Å²) >= 11 is 3.12. The highest BCUT2D eigenvalue weighted by atomic mass is 79.9. The molecule has 0 saturated heterocycles. The lowest BCUT2D eigenvalue weighted by Crippen LogP contribution is -2.08. The number of pyridine rings is 1. The Morgan fingerprint density at radius 2 is 2.43 bits per heavy atom. The molecular formula is C9H10BrNO3. The van der Waals surface area contributed by atoms with Gasteiger partial charge in [-0.1, -0.05) is 22.0 Å². The Morgan fingerprint density at radius 1 is 1.71 bits per heavy atom. The normalized spacial score (nSPS) is 12.2. The third kappa shape index (κ3) is 2.52. The van der Waals surface area contributed by atoms with Crippen molar-refractivity contribution >= 4 is 21.9 Å². The predicted octanol–water partition coefficient (Wildman–Crippen LogP) is 1.30. The van der Waals surface area contributed by atoms with E-state index in [1.165, 1.54) is 13.2 Å². The molecule has 0 radical (unpaired) electrons. The number of ether oxygens (including phenoxy) is 1. The molecule has 1 heterocycles. The van der Waals surface area contributed by atoms with Crippen LogP contribution in [-0.2, 0) is 4.74 Å². The minimum atomic E-state index is -0.709. The van der Waals surface area contributed by atoms with E-state index in [0.717, 1.165) is 0 Å². The van der Waals surface area contributed by atoms with Crippen LogP contribution in [0.3, 0.4) is 0 Å². The van der Waals surface area contributed by atoms with Gasteiger partial charge in [0.05, 0.1) is 12.8 Å². The third-order valence-corrected chi connectivity index (χ3v) is 2.27. The van der Waals surface area contributed by atoms with E-state index >= 15 is 0 Å². The van der Waals surface area contributed by atoms with Crippen molar-refractivity contribution in [3.05, 3.63) is 29.6 Å². The molecule has 76 valence electrons. The lowest BCUT2D eigenvalue weighted by atomic mass is 10.2. The molecule has 5 heteroatoms. The average Bonchev–Trinajstić information content (AvgIpc) is 2.27. The molecule has 0 aliphatic carbocycles. The first-order valence-electron chi connectivity index (χ1n) is 3.98. The van der Waals surface area contributed by atoms with Crippen molar-refractivity contribution in [1.29, 1.82) is 0 Å². The fourth-order valence-electron chi connectivity index (χ4n) is 0.934. The van der Waals surface area contributed by atoms with Gasteiger partial charge in [0.2, 0.25) is 0 Å². The average molecular weight is 260 g/mol. The minimum Gasteiger partial charge on any atom is -0.464 e. The van der Waals surface area contributed by atoms with Crippen LogP contribution in [0.2, 0.25) is 0 Å². The van der Waals surface area contributed by atoms with Crippen LogP contribution in [-0.4, -0.2) is 28.5 Å². The maximum absolute atomic E-state index is 11.1. The number of nitrogens with zero attached hydrogens (tertiary/aromatic N) is 1. The standard InChI is InChI=1S/C9H10BrNO3/c1-14-9(13)7-4-2-3-6(11-7)8(12)5-10/h2-4,8,12H,5H2,1H3/t8-/m0/s1. The Morgan fingerprint density at radius 3 is 3.00 bits per heavy atom. The smallest absolute Gasteiger partial charge is 0.356 e. The number of carbonyl (C=O) groups excluding carboxylic acids is 1. The summed E-state index contributed by atoms with van der Waals surface area (Å²) in [5, 5.41) is 9.83. The first-order valence-corrected chi connectivity index (χ1v) is 5.10. The van der Waals surface area contributed by atoms with E-state index < -0.39 is 12.1 Å². The van der Waals surface area contributed by atoms with Gasteiger partial charge in [0.25, 0.3) is 0 Å². The van der Waals surface area contributed by atoms with Crippen molar-refractivity contribution in [3.63, 3.8) is 0 Å². The molecule has 0 amide bonds. The largest absolute Gasteiger partial charge is 0.464 e. The van der Waals surface area contributed by atoms with Crippen LogP contribution in [0.15, 0.2) is 18.2 Å². The molecule has 0 unspecified atom stereocenters. The zero-order chi connectivity index (χ0) is 10.6. The van der Waals surface area contributed by atoms with E-state index in [9.17, 15) is 9.90 Å². The molecule has 1 N–H and O–H groups in total. The van der Waals surface area contributed by atoms with Crippen LogP contribution >= 0.6 is 15.9 Å². The van der Waals surface area contributed by atoms with Crippen molar-refractivity contribution in [2.45, 2.75) is 6.10 Å². The van der Waals surface area contributed by atoms with Gasteiger partial charge in [-0.3, -0.25) is 0 Å². The summed E-state index contributed by atoms with van der Waals surface area (Å²) in [5.74, 6) is -0.506. The van der Waals surface area contributed by atoms with Gasteiger partial charge >= 0.3 is 5.97 Å². The van der Waals surface area contributed by atoms with Crippen LogP contribution < -0.4 is 0 Å². The number of alkyl halides is 1. The fourth-order valence-corrected chi connectivity index (χ4v) is 1.27. The van der Waals surface area contributed by atoms with Crippen molar-refractivity contribution in [2.24, 2.45) is 0 Å². The van der Waals surface area contributed by atoms with Gasteiger partial charge in [0, 0.05) is 5.33 Å². The lowest BCUT2D eigenvalue weighted by Gasteiger charge is -2.06. The second-order valence-electron chi connectivity index (χ2n) is 2.61. The topological polar surface area (TPSA) is 59.4 Å². The van der Waals surface area contributed by atoms with Gasteiger partial charge in [-0.25, -0.2) is 9.78 Å². The maximum atomic E-state index is 11.1. The number of halogens is 1. The Hall–Kier alpha value is -0.940. The Balaban J connectivity index is 2.95. The van der Waals surface area contributed by atoms with E-state index in [-0.39, 0.29) is 5.69 Å². The van der Waals surface area contributed by atoms with E-state index in [1.54, 1.807) is 12.1 Å². The van der Waals surface area contributed by atoms with Crippen LogP contribution in [0.1, 0.15) is 22.3 Å². The molecule has 1 rings (SSSR count). The molecule has 1 aromatic heterocycles. The van der Waals surface area contributed by atoms with Gasteiger partial charge in [0.1, 0.15) is 11.8 Å². The van der Waals surface area contributed by atoms with Gasteiger partial charge in [-0.2, -0.15) is 0 Å². The Labute approximate surface area is 90.0 Å². The summed E-state index contributed by atoms with van der Waals surface area (Å²) in [6.45, 7) is 0. The summed E-state index contributed by atoms with van der Waals surface area (Å²) in [5.41, 5.74) is 0.648. The molecule has 0 fully saturated rings. The van der Waals surface area contributed by atoms with Crippen molar-refractivity contribution < 1.29 is 14.6 Å². The molecule has 4 nitrogen and oxygen atoms in total. The molecule has 1 aromatic rings. The first kappa shape index (κ1) is 11.1. The van der Waals surface area contributed by atoms with Crippen molar-refractivity contribution in [3.8, 4) is 0 Å². The highest BCUT2D eigenvalue weighted by Gasteiger charge is 2.11. The summed E-state index contributed by atoms with van der Waals surface area (Å²) in [6, 6.07) is 4.84. The van der Waals surface area contributed by atoms with Crippen LogP contribution in [0, 0.1) is 0 Å². The number of aromatic nitrogens is 1. The Kier molecular flexibility index (Phi) is 4.03. The zero-order valence-electron chi connectivity index (χ0n) is 7.61. The number of rotatable bonds is 3. The molecule has 0 bridgehead atoms. The van der Waals surface area contributed by atoms with Gasteiger partial charge < -0.3 is 9.84 Å². The van der Waals surface area contributed by atoms with Gasteiger partial charge in [-0.15, -0.1) is 0 Å². The van der Waals surface area contributed by atoms with Crippen LogP contribution in [0.25, 0.3) is 0 Å². The van der Waals surface area contributed by atoms with E-state index in [4.69, 9.17) is 0 Å². The quantitative estimate of drug-likeness (QED) is 0.657. The highest BCUT2D eigenvalue weighted by Crippen LogP contribution is 2.13. The van der Waals surface area contributed by atoms with Crippen LogP contribution in [0.4, 0.5) is 0 Å². The third-order valence-electron chi connectivity index (χ3n) is 1.65. The van der Waals surface area contributed by atoms with E-state index in [1.807, 2.05) is 0 Å². The minimum absolute atomic E-state index is 0.199. The number of carbonyl (C=O) groups is 1. The molecular weight excluding hydrogens is 250 g/mol. The number of methoxy groups -OCH3 is 1. The number of hydrogen-bond donors (Lipinski definition) is 1. The SMILES string of the molecule is COC(=O)c1cccc([C@@H](O)CBr)n1. The second kappa shape index (κ2) is 5.07. The van der Waals surface area contributed by atoms with Crippen molar-refractivity contribution in [1.82, 2.24) is 4.98 Å². The summed E-state index contributed by atoms with van der Waals surface area (Å²) < 4.78 is 4.51. The number of aliphatic hydroxyl groups is 1. The highest BCUT2D eigenvalue weighted by molar-refractivity contribution is 9.09. The van der Waals surface area contributed by atoms with Gasteiger partial charge in [0.15, 0.2) is 0 Å². The van der Waals surface area contributed by atoms with E-state index in [0.29, 0.717) is 11.0 Å². The zero-order valence-corrected chi connectivity index (χ0v) is 9.19. The van der Waals surface area contributed by atoms with E-state index in [2.05, 4.69) is 25.7 Å². The monoisotopic (exact) mass is 259 g/mol. The molecule has 0 aliphatic heterocycles. The molecule has 0 aliphatic rings. The number of aliphatic hydroxyl groups excluding tert-OH is 1. The molecule has 14 heavy (non-hydrogen) atoms. The summed E-state index contributed by atoms with van der Waals surface area (Å²) in [6.07, 6.45) is -0.709. The van der Waals surface area contributed by atoms with Crippen molar-refractivity contribution in [2.75, 3.05) is 12.4 Å². The second-order valence-corrected chi connectivity index (χ2v) is 3.26. The maximum Gasteiger partial charge on any atom is 0.356 e. The summed E-state index contributed by atoms with van der Waals surface area (Å²) in [7, 11) is 1.29. The first-order chi connectivity index (χ1) is 6.69. The van der Waals surface area contributed by atoms with Crippen LogP contribution in [0.5, 0.6) is 0 Å². The fraction of sp³-hybridized carbons (Fsp3) is 0.333. The number of hydrogen-bond acceptors (Lipinski definition) is 4. The molecule has 0 saturated carbocycles. The molecule has 1 atom stereocenters.